The van der Waals surface area contributed by atoms with Crippen molar-refractivity contribution in [1.82, 2.24) is 14.5 Å². The number of furan rings is 1. The standard InChI is InChI=1S/C31H28N4O4/c1-22-9-6-7-13-27(22)30(37)34(19-26-12-8-18-39-26)21-29(36)33-31-32-28(23-14-16-25(38-2)17-15-23)20-35(31)24-10-4-3-5-11-24/h3-18,20H,19,21H2,1-2H3,(H,32,33,36). The van der Waals surface area contributed by atoms with E-state index in [4.69, 9.17) is 14.1 Å². The van der Waals surface area contributed by atoms with E-state index in [1.807, 2.05) is 90.5 Å². The number of nitrogens with one attached hydrogen (secondary N) is 1. The molecule has 3 aromatic carbocycles. The number of para-hydroxylation sites is 1. The third-order valence-electron chi connectivity index (χ3n) is 6.30. The van der Waals surface area contributed by atoms with Crippen molar-refractivity contribution in [3.63, 3.8) is 0 Å². The molecule has 39 heavy (non-hydrogen) atoms. The number of benzene rings is 3. The van der Waals surface area contributed by atoms with Gasteiger partial charge in [-0.3, -0.25) is 19.5 Å². The molecule has 5 aromatic rings. The predicted molar refractivity (Wildman–Crippen MR) is 149 cm³/mol. The molecule has 0 unspecified atom stereocenters. The van der Waals surface area contributed by atoms with Crippen molar-refractivity contribution < 1.29 is 18.7 Å². The molecule has 0 aliphatic rings. The van der Waals surface area contributed by atoms with E-state index in [0.717, 1.165) is 22.6 Å². The monoisotopic (exact) mass is 520 g/mol. The maximum absolute atomic E-state index is 13.5. The summed E-state index contributed by atoms with van der Waals surface area (Å²) in [5.41, 5.74) is 3.75. The van der Waals surface area contributed by atoms with Crippen LogP contribution in [0.5, 0.6) is 5.75 Å². The van der Waals surface area contributed by atoms with Crippen LogP contribution in [0.3, 0.4) is 0 Å². The molecule has 2 aromatic heterocycles. The topological polar surface area (TPSA) is 89.6 Å². The number of hydrogen-bond acceptors (Lipinski definition) is 5. The second-order valence-electron chi connectivity index (χ2n) is 8.99. The normalized spacial score (nSPS) is 10.7. The van der Waals surface area contributed by atoms with Gasteiger partial charge in [0.25, 0.3) is 5.91 Å². The summed E-state index contributed by atoms with van der Waals surface area (Å²) in [6.07, 6.45) is 3.41. The lowest BCUT2D eigenvalue weighted by molar-refractivity contribution is -0.117. The fourth-order valence-electron chi connectivity index (χ4n) is 4.27. The number of ether oxygens (including phenoxy) is 1. The van der Waals surface area contributed by atoms with Gasteiger partial charge in [0.2, 0.25) is 11.9 Å². The van der Waals surface area contributed by atoms with E-state index >= 15 is 0 Å². The molecule has 0 saturated carbocycles. The summed E-state index contributed by atoms with van der Waals surface area (Å²) in [5.74, 6) is 1.03. The molecular weight excluding hydrogens is 492 g/mol. The molecule has 0 spiro atoms. The van der Waals surface area contributed by atoms with Gasteiger partial charge in [-0.25, -0.2) is 4.98 Å². The summed E-state index contributed by atoms with van der Waals surface area (Å²) >= 11 is 0. The van der Waals surface area contributed by atoms with E-state index < -0.39 is 0 Å². The second kappa shape index (κ2) is 11.5. The number of aryl methyl sites for hydroxylation is 1. The van der Waals surface area contributed by atoms with Crippen molar-refractivity contribution in [2.75, 3.05) is 19.0 Å². The van der Waals surface area contributed by atoms with Gasteiger partial charge < -0.3 is 14.1 Å². The van der Waals surface area contributed by atoms with E-state index in [-0.39, 0.29) is 24.9 Å². The average Bonchev–Trinajstić information content (AvgIpc) is 3.63. The van der Waals surface area contributed by atoms with Gasteiger partial charge >= 0.3 is 0 Å². The molecule has 0 aliphatic carbocycles. The molecule has 0 fully saturated rings. The summed E-state index contributed by atoms with van der Waals surface area (Å²) < 4.78 is 12.6. The molecule has 0 radical (unpaired) electrons. The lowest BCUT2D eigenvalue weighted by atomic mass is 10.1. The number of carbonyl (C=O) groups excluding carboxylic acids is 2. The third-order valence-corrected chi connectivity index (χ3v) is 6.30. The molecule has 196 valence electrons. The van der Waals surface area contributed by atoms with E-state index in [1.165, 1.54) is 4.90 Å². The Kier molecular flexibility index (Phi) is 7.54. The Labute approximate surface area is 226 Å². The van der Waals surface area contributed by atoms with Crippen LogP contribution in [-0.2, 0) is 11.3 Å². The van der Waals surface area contributed by atoms with Gasteiger partial charge in [0.1, 0.15) is 18.1 Å². The molecule has 0 aliphatic heterocycles. The number of hydrogen-bond donors (Lipinski definition) is 1. The molecule has 0 atom stereocenters. The largest absolute Gasteiger partial charge is 0.497 e. The predicted octanol–water partition coefficient (Wildman–Crippen LogP) is 5.73. The van der Waals surface area contributed by atoms with Gasteiger partial charge in [-0.2, -0.15) is 0 Å². The van der Waals surface area contributed by atoms with Crippen LogP contribution in [-0.4, -0.2) is 39.9 Å². The summed E-state index contributed by atoms with van der Waals surface area (Å²) in [6.45, 7) is 1.83. The Bertz CT molecular complexity index is 1560. The molecule has 2 heterocycles. The zero-order valence-electron chi connectivity index (χ0n) is 21.7. The number of amides is 2. The Balaban J connectivity index is 1.43. The Morgan fingerprint density at radius 2 is 1.69 bits per heavy atom. The highest BCUT2D eigenvalue weighted by atomic mass is 16.5. The van der Waals surface area contributed by atoms with Crippen LogP contribution in [0.4, 0.5) is 5.95 Å². The maximum atomic E-state index is 13.5. The lowest BCUT2D eigenvalue weighted by Gasteiger charge is -2.22. The quantitative estimate of drug-likeness (QED) is 0.268. The Morgan fingerprint density at radius 3 is 2.38 bits per heavy atom. The van der Waals surface area contributed by atoms with Crippen LogP contribution < -0.4 is 10.1 Å². The molecule has 5 rings (SSSR count). The highest BCUT2D eigenvalue weighted by Crippen LogP contribution is 2.26. The van der Waals surface area contributed by atoms with Gasteiger partial charge in [-0.15, -0.1) is 0 Å². The number of anilines is 1. The van der Waals surface area contributed by atoms with Crippen molar-refractivity contribution in [2.45, 2.75) is 13.5 Å². The number of aromatic nitrogens is 2. The fourth-order valence-corrected chi connectivity index (χ4v) is 4.27. The van der Waals surface area contributed by atoms with Gasteiger partial charge in [-0.1, -0.05) is 36.4 Å². The van der Waals surface area contributed by atoms with Gasteiger partial charge in [0, 0.05) is 23.0 Å². The highest BCUT2D eigenvalue weighted by Gasteiger charge is 2.23. The van der Waals surface area contributed by atoms with Crippen molar-refractivity contribution in [1.29, 1.82) is 0 Å². The van der Waals surface area contributed by atoms with Crippen molar-refractivity contribution in [3.05, 3.63) is 120 Å². The third kappa shape index (κ3) is 5.91. The number of rotatable bonds is 9. The van der Waals surface area contributed by atoms with Crippen LogP contribution in [0.25, 0.3) is 16.9 Å². The molecule has 1 N–H and O–H groups in total. The number of carbonyl (C=O) groups is 2. The summed E-state index contributed by atoms with van der Waals surface area (Å²) in [7, 11) is 1.62. The molecule has 2 amide bonds. The van der Waals surface area contributed by atoms with Crippen molar-refractivity contribution in [3.8, 4) is 22.7 Å². The second-order valence-corrected chi connectivity index (χ2v) is 8.99. The maximum Gasteiger partial charge on any atom is 0.255 e. The van der Waals surface area contributed by atoms with E-state index in [2.05, 4.69) is 5.32 Å². The first-order chi connectivity index (χ1) is 19.0. The minimum Gasteiger partial charge on any atom is -0.497 e. The first kappa shape index (κ1) is 25.5. The molecular formula is C31H28N4O4. The van der Waals surface area contributed by atoms with Crippen molar-refractivity contribution in [2.24, 2.45) is 0 Å². The van der Waals surface area contributed by atoms with Gasteiger partial charge in [0.05, 0.1) is 25.6 Å². The van der Waals surface area contributed by atoms with E-state index in [0.29, 0.717) is 23.0 Å². The van der Waals surface area contributed by atoms with Crippen LogP contribution >= 0.6 is 0 Å². The number of imidazole rings is 1. The highest BCUT2D eigenvalue weighted by molar-refractivity contribution is 5.99. The van der Waals surface area contributed by atoms with E-state index in [1.54, 1.807) is 31.6 Å². The summed E-state index contributed by atoms with van der Waals surface area (Å²) in [5, 5.41) is 2.92. The van der Waals surface area contributed by atoms with Crippen LogP contribution in [0.2, 0.25) is 0 Å². The van der Waals surface area contributed by atoms with Gasteiger partial charge in [0.15, 0.2) is 0 Å². The first-order valence-electron chi connectivity index (χ1n) is 12.5. The van der Waals surface area contributed by atoms with Crippen LogP contribution in [0, 0.1) is 6.92 Å². The minimum absolute atomic E-state index is 0.151. The molecule has 8 nitrogen and oxygen atoms in total. The zero-order chi connectivity index (χ0) is 27.2. The van der Waals surface area contributed by atoms with Gasteiger partial charge in [-0.05, 0) is 67.1 Å². The Morgan fingerprint density at radius 1 is 0.949 bits per heavy atom. The first-order valence-corrected chi connectivity index (χ1v) is 12.5. The van der Waals surface area contributed by atoms with Crippen LogP contribution in [0.1, 0.15) is 21.7 Å². The van der Waals surface area contributed by atoms with E-state index in [9.17, 15) is 9.59 Å². The zero-order valence-corrected chi connectivity index (χ0v) is 21.7. The van der Waals surface area contributed by atoms with Crippen molar-refractivity contribution >= 4 is 17.8 Å². The smallest absolute Gasteiger partial charge is 0.255 e. The number of methoxy groups -OCH3 is 1. The van der Waals surface area contributed by atoms with Crippen LogP contribution in [0.15, 0.2) is 108 Å². The number of nitrogens with zero attached hydrogens (tertiary/aromatic N) is 3. The lowest BCUT2D eigenvalue weighted by Crippen LogP contribution is -2.38. The average molecular weight is 521 g/mol. The SMILES string of the molecule is COc1ccc(-c2cn(-c3ccccc3)c(NC(=O)CN(Cc3ccco3)C(=O)c3ccccc3C)n2)cc1. The summed E-state index contributed by atoms with van der Waals surface area (Å²) in [4.78, 5) is 33.1. The molecule has 0 saturated heterocycles. The molecule has 8 heteroatoms. The summed E-state index contributed by atoms with van der Waals surface area (Å²) in [6, 6.07) is 28.0. The Hall–Kier alpha value is -5.11. The minimum atomic E-state index is -0.382. The fraction of sp³-hybridized carbons (Fsp3) is 0.129. The molecule has 0 bridgehead atoms.